The van der Waals surface area contributed by atoms with Crippen molar-refractivity contribution < 1.29 is 0 Å². The Kier molecular flexibility index (Phi) is 5.40. The van der Waals surface area contributed by atoms with Gasteiger partial charge in [0.05, 0.1) is 0 Å². The van der Waals surface area contributed by atoms with Crippen LogP contribution in [-0.2, 0) is 21.7 Å². The molecule has 0 fully saturated rings. The molecule has 254 valence electrons. The summed E-state index contributed by atoms with van der Waals surface area (Å²) in [6, 6.07) is 39.1. The van der Waals surface area contributed by atoms with E-state index >= 15 is 0 Å². The Balaban J connectivity index is 1.19. The molecule has 0 unspecified atom stereocenters. The third-order valence-corrected chi connectivity index (χ3v) is 13.6. The fourth-order valence-electron chi connectivity index (χ4n) is 10.6. The topological polar surface area (TPSA) is 0 Å². The summed E-state index contributed by atoms with van der Waals surface area (Å²) in [4.78, 5) is 0. The Morgan fingerprint density at radius 2 is 0.654 bits per heavy atom. The van der Waals surface area contributed by atoms with Crippen LogP contribution in [0.25, 0.3) is 86.9 Å². The van der Waals surface area contributed by atoms with Crippen molar-refractivity contribution in [3.8, 4) is 22.3 Å². The molecule has 2 aliphatic rings. The van der Waals surface area contributed by atoms with Crippen LogP contribution in [0.1, 0.15) is 103 Å². The van der Waals surface area contributed by atoms with Gasteiger partial charge in [-0.05, 0) is 155 Å². The Labute approximate surface area is 307 Å². The van der Waals surface area contributed by atoms with Crippen LogP contribution >= 0.6 is 0 Å². The first-order chi connectivity index (χ1) is 24.5. The number of hydrogen-bond donors (Lipinski definition) is 0. The lowest BCUT2D eigenvalue weighted by Crippen LogP contribution is -2.17. The Morgan fingerprint density at radius 1 is 0.346 bits per heavy atom. The normalized spacial score (nSPS) is 16.2. The molecule has 0 spiro atoms. The molecule has 0 aliphatic heterocycles. The molecule has 0 radical (unpaired) electrons. The van der Waals surface area contributed by atoms with Crippen molar-refractivity contribution in [2.75, 3.05) is 0 Å². The highest BCUT2D eigenvalue weighted by molar-refractivity contribution is 6.28. The van der Waals surface area contributed by atoms with Crippen LogP contribution in [0.5, 0.6) is 0 Å². The predicted molar refractivity (Wildman–Crippen MR) is 226 cm³/mol. The van der Waals surface area contributed by atoms with Crippen LogP contribution in [0.15, 0.2) is 97.1 Å². The minimum atomic E-state index is -0.121. The summed E-state index contributed by atoms with van der Waals surface area (Å²) in [5.41, 5.74) is 14.3. The first kappa shape index (κ1) is 30.7. The summed E-state index contributed by atoms with van der Waals surface area (Å²) < 4.78 is 0. The highest BCUT2D eigenvalue weighted by atomic mass is 14.5. The molecular formula is C52H46. The van der Waals surface area contributed by atoms with Gasteiger partial charge in [-0.3, -0.25) is 0 Å². The lowest BCUT2D eigenvalue weighted by Gasteiger charge is -2.24. The van der Waals surface area contributed by atoms with E-state index in [-0.39, 0.29) is 21.7 Å². The molecule has 9 aromatic carbocycles. The molecule has 0 saturated carbocycles. The second-order valence-electron chi connectivity index (χ2n) is 19.4. The maximum absolute atomic E-state index is 2.61. The van der Waals surface area contributed by atoms with Gasteiger partial charge in [-0.15, -0.1) is 0 Å². The smallest absolute Gasteiger partial charge is 0.0159 e. The van der Waals surface area contributed by atoms with Gasteiger partial charge >= 0.3 is 0 Å². The van der Waals surface area contributed by atoms with Crippen molar-refractivity contribution in [1.82, 2.24) is 0 Å². The van der Waals surface area contributed by atoms with Gasteiger partial charge in [0.2, 0.25) is 0 Å². The second-order valence-corrected chi connectivity index (χ2v) is 19.4. The van der Waals surface area contributed by atoms with Gasteiger partial charge in [-0.25, -0.2) is 0 Å². The fraction of sp³-hybridized carbons (Fsp3) is 0.269. The van der Waals surface area contributed by atoms with Crippen LogP contribution in [-0.4, -0.2) is 0 Å². The van der Waals surface area contributed by atoms with E-state index < -0.39 is 0 Å². The SMILES string of the molecule is CC(C)(C)c1cc2ccc3cc4c(c5ccc(c1)c2c35)-c1cc2c(cc1C4(C)C)-c1c(cc3ccc4cc(C(C)(C)C)cc5ccc1c3c45)C2(C)C. The zero-order valence-corrected chi connectivity index (χ0v) is 32.2. The average Bonchev–Trinajstić information content (AvgIpc) is 3.45. The fourth-order valence-corrected chi connectivity index (χ4v) is 10.6. The largest absolute Gasteiger partial charge is 0.0561 e. The summed E-state index contributed by atoms with van der Waals surface area (Å²) >= 11 is 0. The van der Waals surface area contributed by atoms with Crippen LogP contribution in [0, 0.1) is 0 Å². The molecule has 52 heavy (non-hydrogen) atoms. The molecule has 0 N–H and O–H groups in total. The maximum atomic E-state index is 2.61. The predicted octanol–water partition coefficient (Wildman–Crippen LogP) is 14.7. The third kappa shape index (κ3) is 3.64. The van der Waals surface area contributed by atoms with Gasteiger partial charge in [0, 0.05) is 10.8 Å². The second kappa shape index (κ2) is 9.16. The summed E-state index contributed by atoms with van der Waals surface area (Å²) in [6.45, 7) is 23.7. The van der Waals surface area contributed by atoms with Crippen LogP contribution < -0.4 is 0 Å². The van der Waals surface area contributed by atoms with Crippen molar-refractivity contribution in [3.63, 3.8) is 0 Å². The van der Waals surface area contributed by atoms with E-state index in [0.717, 1.165) is 0 Å². The number of fused-ring (bicyclic) bond motifs is 8. The van der Waals surface area contributed by atoms with Crippen LogP contribution in [0.4, 0.5) is 0 Å². The van der Waals surface area contributed by atoms with Crippen molar-refractivity contribution in [2.45, 2.75) is 90.9 Å². The van der Waals surface area contributed by atoms with E-state index in [2.05, 4.69) is 166 Å². The highest BCUT2D eigenvalue weighted by Crippen LogP contribution is 2.60. The molecule has 2 aliphatic carbocycles. The highest BCUT2D eigenvalue weighted by Gasteiger charge is 2.43. The van der Waals surface area contributed by atoms with Gasteiger partial charge in [0.1, 0.15) is 0 Å². The first-order valence-electron chi connectivity index (χ1n) is 19.3. The summed E-state index contributed by atoms with van der Waals surface area (Å²) in [5, 5.41) is 16.5. The Hall–Kier alpha value is -4.94. The average molecular weight is 671 g/mol. The number of hydrogen-bond acceptors (Lipinski definition) is 0. The van der Waals surface area contributed by atoms with E-state index in [1.165, 1.54) is 120 Å². The summed E-state index contributed by atoms with van der Waals surface area (Å²) in [6.07, 6.45) is 0. The van der Waals surface area contributed by atoms with E-state index in [4.69, 9.17) is 0 Å². The molecular weight excluding hydrogens is 625 g/mol. The molecule has 0 aromatic heterocycles. The minimum absolute atomic E-state index is 0.102. The molecule has 0 saturated heterocycles. The summed E-state index contributed by atoms with van der Waals surface area (Å²) in [7, 11) is 0. The molecule has 0 nitrogen and oxygen atoms in total. The van der Waals surface area contributed by atoms with Crippen molar-refractivity contribution in [1.29, 1.82) is 0 Å². The van der Waals surface area contributed by atoms with Crippen LogP contribution in [0.2, 0.25) is 0 Å². The van der Waals surface area contributed by atoms with E-state index in [0.29, 0.717) is 0 Å². The molecule has 0 bridgehead atoms. The van der Waals surface area contributed by atoms with Gasteiger partial charge in [0.15, 0.2) is 0 Å². The lowest BCUT2D eigenvalue weighted by atomic mass is 9.78. The van der Waals surface area contributed by atoms with Gasteiger partial charge in [-0.2, -0.15) is 0 Å². The Bertz CT molecular complexity index is 2810. The summed E-state index contributed by atoms with van der Waals surface area (Å²) in [5.74, 6) is 0. The minimum Gasteiger partial charge on any atom is -0.0561 e. The molecule has 0 heterocycles. The van der Waals surface area contributed by atoms with Crippen molar-refractivity contribution in [2.24, 2.45) is 0 Å². The molecule has 0 amide bonds. The standard InChI is InChI=1S/C52H46/c1-49(2,3)33-19-27-11-13-31-23-41-47(35-17-15-29(21-33)43(27)45(31)35)37-25-40-38(26-39(37)51(41,7)8)48-36-18-16-30-22-34(50(4,5)6)20-28-12-14-32(46(36)44(28)30)24-42(48)52(40,9)10/h11-26H,1-10H3. The van der Waals surface area contributed by atoms with Crippen LogP contribution in [0.3, 0.4) is 0 Å². The quantitative estimate of drug-likeness (QED) is 0.141. The Morgan fingerprint density at radius 3 is 0.981 bits per heavy atom. The van der Waals surface area contributed by atoms with E-state index in [1.807, 2.05) is 0 Å². The zero-order chi connectivity index (χ0) is 36.0. The van der Waals surface area contributed by atoms with Gasteiger partial charge < -0.3 is 0 Å². The number of rotatable bonds is 0. The van der Waals surface area contributed by atoms with Crippen molar-refractivity contribution in [3.05, 3.63) is 130 Å². The molecule has 9 aromatic rings. The molecule has 0 atom stereocenters. The molecule has 11 rings (SSSR count). The van der Waals surface area contributed by atoms with Gasteiger partial charge in [0.25, 0.3) is 0 Å². The van der Waals surface area contributed by atoms with Crippen molar-refractivity contribution >= 4 is 64.6 Å². The zero-order valence-electron chi connectivity index (χ0n) is 32.2. The van der Waals surface area contributed by atoms with Gasteiger partial charge in [-0.1, -0.05) is 142 Å². The number of benzene rings is 9. The van der Waals surface area contributed by atoms with E-state index in [1.54, 1.807) is 0 Å². The maximum Gasteiger partial charge on any atom is 0.0159 e. The molecule has 0 heteroatoms. The van der Waals surface area contributed by atoms with E-state index in [9.17, 15) is 0 Å². The monoisotopic (exact) mass is 670 g/mol. The third-order valence-electron chi connectivity index (χ3n) is 13.6. The first-order valence-corrected chi connectivity index (χ1v) is 19.3. The lowest BCUT2D eigenvalue weighted by molar-refractivity contribution is 0.591.